The van der Waals surface area contributed by atoms with Crippen LogP contribution in [0.1, 0.15) is 24.3 Å². The minimum Gasteiger partial charge on any atom is -0.486 e. The molecule has 1 fully saturated rings. The second-order valence-corrected chi connectivity index (χ2v) is 8.48. The average molecular weight is 392 g/mol. The number of hydrogen-bond acceptors (Lipinski definition) is 5. The smallest absolute Gasteiger partial charge is 0.186 e. The third-order valence-corrected chi connectivity index (χ3v) is 6.26. The molecule has 1 saturated heterocycles. The van der Waals surface area contributed by atoms with Crippen molar-refractivity contribution in [1.82, 2.24) is 4.98 Å². The third kappa shape index (κ3) is 3.40. The quantitative estimate of drug-likeness (QED) is 0.865. The minimum absolute atomic E-state index is 0.542. The van der Waals surface area contributed by atoms with Gasteiger partial charge in [0.15, 0.2) is 11.6 Å². The molecule has 26 heavy (non-hydrogen) atoms. The molecule has 5 nitrogen and oxygen atoms in total. The van der Waals surface area contributed by atoms with E-state index in [0.717, 1.165) is 54.8 Å². The molecule has 3 heterocycles. The molecule has 2 aliphatic heterocycles. The first kappa shape index (κ1) is 17.6. The van der Waals surface area contributed by atoms with Gasteiger partial charge in [-0.3, -0.25) is 4.21 Å². The lowest BCUT2D eigenvalue weighted by molar-refractivity contribution is 0.320. The fourth-order valence-electron chi connectivity index (χ4n) is 3.70. The first-order valence-electron chi connectivity index (χ1n) is 8.87. The van der Waals surface area contributed by atoms with Gasteiger partial charge < -0.3 is 15.0 Å². The molecule has 0 radical (unpaired) electrons. The van der Waals surface area contributed by atoms with Crippen molar-refractivity contribution in [1.29, 1.82) is 0 Å². The Bertz CT molecular complexity index is 820. The summed E-state index contributed by atoms with van der Waals surface area (Å²) in [7, 11) is -1.10. The van der Waals surface area contributed by atoms with E-state index < -0.39 is 10.8 Å². The zero-order chi connectivity index (χ0) is 18.1. The van der Waals surface area contributed by atoms with E-state index in [4.69, 9.17) is 16.3 Å². The highest BCUT2D eigenvalue weighted by Crippen LogP contribution is 2.41. The maximum atomic E-state index is 12.0. The largest absolute Gasteiger partial charge is 0.486 e. The van der Waals surface area contributed by atoms with Crippen LogP contribution in [0.5, 0.6) is 5.75 Å². The van der Waals surface area contributed by atoms with Crippen molar-refractivity contribution >= 4 is 33.9 Å². The monoisotopic (exact) mass is 391 g/mol. The highest BCUT2D eigenvalue weighted by Gasteiger charge is 2.28. The highest BCUT2D eigenvalue weighted by molar-refractivity contribution is 7.84. The van der Waals surface area contributed by atoms with Gasteiger partial charge in [0.25, 0.3) is 0 Å². The molecule has 0 unspecified atom stereocenters. The SMILES string of the molecule is C[S@@](=O)c1cnc(N2CCC(c3ccc(Cl)cc3)CC2)c2c1NCCO2. The third-order valence-electron chi connectivity index (χ3n) is 5.08. The van der Waals surface area contributed by atoms with E-state index in [2.05, 4.69) is 27.3 Å². The summed E-state index contributed by atoms with van der Waals surface area (Å²) < 4.78 is 17.9. The predicted molar refractivity (Wildman–Crippen MR) is 106 cm³/mol. The Morgan fingerprint density at radius 3 is 2.69 bits per heavy atom. The molecule has 1 atom stereocenters. The van der Waals surface area contributed by atoms with E-state index in [1.165, 1.54) is 5.56 Å². The summed E-state index contributed by atoms with van der Waals surface area (Å²) in [5.41, 5.74) is 2.18. The van der Waals surface area contributed by atoms with Gasteiger partial charge in [-0.2, -0.15) is 0 Å². The van der Waals surface area contributed by atoms with Crippen molar-refractivity contribution in [3.8, 4) is 5.75 Å². The number of nitrogens with one attached hydrogen (secondary N) is 1. The second-order valence-electron chi connectivity index (χ2n) is 6.69. The van der Waals surface area contributed by atoms with Crippen LogP contribution in [0, 0.1) is 0 Å². The molecule has 7 heteroatoms. The van der Waals surface area contributed by atoms with Crippen molar-refractivity contribution in [2.24, 2.45) is 0 Å². The number of nitrogens with zero attached hydrogens (tertiary/aromatic N) is 2. The maximum Gasteiger partial charge on any atom is 0.186 e. The number of pyridine rings is 1. The Hall–Kier alpha value is -1.79. The lowest BCUT2D eigenvalue weighted by Crippen LogP contribution is -2.34. The summed E-state index contributed by atoms with van der Waals surface area (Å²) in [4.78, 5) is 7.58. The van der Waals surface area contributed by atoms with Crippen LogP contribution in [0.25, 0.3) is 0 Å². The van der Waals surface area contributed by atoms with Crippen molar-refractivity contribution in [2.45, 2.75) is 23.7 Å². The minimum atomic E-state index is -1.10. The van der Waals surface area contributed by atoms with Crippen LogP contribution >= 0.6 is 11.6 Å². The van der Waals surface area contributed by atoms with Crippen molar-refractivity contribution in [2.75, 3.05) is 42.7 Å². The Labute approximate surface area is 161 Å². The van der Waals surface area contributed by atoms with E-state index in [0.29, 0.717) is 17.4 Å². The zero-order valence-electron chi connectivity index (χ0n) is 14.7. The molecule has 1 aromatic carbocycles. The number of benzene rings is 1. The summed E-state index contributed by atoms with van der Waals surface area (Å²) >= 11 is 6.00. The Balaban J connectivity index is 1.54. The van der Waals surface area contributed by atoms with Gasteiger partial charge in [0.2, 0.25) is 0 Å². The van der Waals surface area contributed by atoms with Crippen molar-refractivity contribution in [3.63, 3.8) is 0 Å². The summed E-state index contributed by atoms with van der Waals surface area (Å²) in [5.74, 6) is 2.14. The molecule has 0 saturated carbocycles. The zero-order valence-corrected chi connectivity index (χ0v) is 16.3. The number of rotatable bonds is 3. The van der Waals surface area contributed by atoms with E-state index in [9.17, 15) is 4.21 Å². The number of fused-ring (bicyclic) bond motifs is 1. The molecule has 0 bridgehead atoms. The normalized spacial score (nSPS) is 18.6. The molecule has 1 aromatic heterocycles. The van der Waals surface area contributed by atoms with Crippen LogP contribution in [0.3, 0.4) is 0 Å². The molecule has 1 N–H and O–H groups in total. The maximum absolute atomic E-state index is 12.0. The van der Waals surface area contributed by atoms with Gasteiger partial charge in [-0.05, 0) is 36.5 Å². The molecule has 0 amide bonds. The van der Waals surface area contributed by atoms with Gasteiger partial charge in [0.1, 0.15) is 6.61 Å². The molecule has 138 valence electrons. The lowest BCUT2D eigenvalue weighted by atomic mass is 9.89. The van der Waals surface area contributed by atoms with Crippen LogP contribution in [0.2, 0.25) is 5.02 Å². The fraction of sp³-hybridized carbons (Fsp3) is 0.421. The Morgan fingerprint density at radius 1 is 1.27 bits per heavy atom. The van der Waals surface area contributed by atoms with Gasteiger partial charge in [-0.25, -0.2) is 4.98 Å². The Morgan fingerprint density at radius 2 is 2.00 bits per heavy atom. The summed E-state index contributed by atoms with van der Waals surface area (Å²) in [6.45, 7) is 3.16. The van der Waals surface area contributed by atoms with Gasteiger partial charge in [-0.1, -0.05) is 23.7 Å². The van der Waals surface area contributed by atoms with Gasteiger partial charge in [0, 0.05) is 37.1 Å². The summed E-state index contributed by atoms with van der Waals surface area (Å²) in [5, 5.41) is 4.11. The summed E-state index contributed by atoms with van der Waals surface area (Å²) in [6, 6.07) is 8.18. The molecule has 2 aliphatic rings. The van der Waals surface area contributed by atoms with E-state index >= 15 is 0 Å². The van der Waals surface area contributed by atoms with E-state index in [-0.39, 0.29) is 0 Å². The standard InChI is InChI=1S/C19H22ClN3O2S/c1-26(24)16-12-22-19(18-17(16)21-8-11-25-18)23-9-6-14(7-10-23)13-2-4-15(20)5-3-13/h2-5,12,14,21H,6-11H2,1H3/t26-/m1/s1. The molecule has 0 aliphatic carbocycles. The number of halogens is 1. The van der Waals surface area contributed by atoms with Crippen molar-refractivity contribution < 1.29 is 8.95 Å². The number of anilines is 2. The fourth-order valence-corrected chi connectivity index (χ4v) is 4.48. The van der Waals surface area contributed by atoms with Gasteiger partial charge in [-0.15, -0.1) is 0 Å². The van der Waals surface area contributed by atoms with Crippen LogP contribution in [0.4, 0.5) is 11.5 Å². The summed E-state index contributed by atoms with van der Waals surface area (Å²) in [6.07, 6.45) is 5.52. The number of hydrogen-bond donors (Lipinski definition) is 1. The topological polar surface area (TPSA) is 54.5 Å². The second kappa shape index (κ2) is 7.45. The van der Waals surface area contributed by atoms with E-state index in [1.54, 1.807) is 12.5 Å². The first-order valence-corrected chi connectivity index (χ1v) is 10.8. The predicted octanol–water partition coefficient (Wildman–Crippen LogP) is 3.66. The highest BCUT2D eigenvalue weighted by atomic mass is 35.5. The molecule has 4 rings (SSSR count). The van der Waals surface area contributed by atoms with Gasteiger partial charge >= 0.3 is 0 Å². The molecule has 0 spiro atoms. The molecular weight excluding hydrogens is 370 g/mol. The first-order chi connectivity index (χ1) is 12.6. The molecule has 2 aromatic rings. The van der Waals surface area contributed by atoms with Crippen LogP contribution < -0.4 is 15.0 Å². The van der Waals surface area contributed by atoms with Crippen LogP contribution in [-0.4, -0.2) is 41.7 Å². The van der Waals surface area contributed by atoms with Gasteiger partial charge in [0.05, 0.1) is 21.4 Å². The number of piperidine rings is 1. The average Bonchev–Trinajstić information content (AvgIpc) is 2.68. The van der Waals surface area contributed by atoms with E-state index in [1.807, 2.05) is 12.1 Å². The van der Waals surface area contributed by atoms with Crippen molar-refractivity contribution in [3.05, 3.63) is 41.0 Å². The van der Waals surface area contributed by atoms with Crippen LogP contribution in [0.15, 0.2) is 35.4 Å². The Kier molecular flexibility index (Phi) is 5.05. The van der Waals surface area contributed by atoms with Crippen LogP contribution in [-0.2, 0) is 10.8 Å². The lowest BCUT2D eigenvalue weighted by Gasteiger charge is -2.35. The number of aromatic nitrogens is 1. The molecular formula is C19H22ClN3O2S. The number of ether oxygens (including phenoxy) is 1.